The smallest absolute Gasteiger partial charge is 0.363 e. The Labute approximate surface area is 207 Å². The van der Waals surface area contributed by atoms with E-state index in [1.165, 1.54) is 0 Å². The third kappa shape index (κ3) is 5.08. The van der Waals surface area contributed by atoms with Gasteiger partial charge in [0.05, 0.1) is 18.2 Å². The SMILES string of the molecule is CC(C)(C(=O)OOc1ccccc1)C1(O)CCN(C(=O)c2cc(I)c(O)c(I)c2)CC1. The van der Waals surface area contributed by atoms with Crippen molar-refractivity contribution >= 4 is 57.1 Å². The molecule has 0 unspecified atom stereocenters. The van der Waals surface area contributed by atoms with E-state index in [1.807, 2.05) is 51.2 Å². The van der Waals surface area contributed by atoms with Gasteiger partial charge in [-0.15, -0.1) is 0 Å². The number of hydrogen-bond acceptors (Lipinski definition) is 6. The molecule has 1 saturated heterocycles. The highest BCUT2D eigenvalue weighted by molar-refractivity contribution is 14.1. The summed E-state index contributed by atoms with van der Waals surface area (Å²) >= 11 is 3.97. The number of amides is 1. The van der Waals surface area contributed by atoms with Gasteiger partial charge in [0.25, 0.3) is 5.91 Å². The van der Waals surface area contributed by atoms with Crippen LogP contribution in [0.25, 0.3) is 0 Å². The zero-order valence-electron chi connectivity index (χ0n) is 17.1. The number of carbonyl (C=O) groups excluding carboxylic acids is 2. The molecule has 0 aliphatic carbocycles. The highest BCUT2D eigenvalue weighted by Crippen LogP contribution is 2.41. The topological polar surface area (TPSA) is 96.3 Å². The Balaban J connectivity index is 1.64. The monoisotopic (exact) mass is 651 g/mol. The van der Waals surface area contributed by atoms with E-state index in [0.717, 1.165) is 0 Å². The van der Waals surface area contributed by atoms with Crippen molar-refractivity contribution < 1.29 is 29.6 Å². The molecule has 0 saturated carbocycles. The number of halogens is 2. The predicted octanol–water partition coefficient (Wildman–Crippen LogP) is 4.13. The summed E-state index contributed by atoms with van der Waals surface area (Å²) in [6.45, 7) is 3.82. The molecule has 2 aromatic rings. The summed E-state index contributed by atoms with van der Waals surface area (Å²) in [5.74, 6) is -0.312. The minimum atomic E-state index is -1.35. The average molecular weight is 651 g/mol. The van der Waals surface area contributed by atoms with Crippen molar-refractivity contribution in [3.8, 4) is 11.5 Å². The fourth-order valence-corrected chi connectivity index (χ4v) is 5.20. The molecule has 0 atom stereocenters. The first-order chi connectivity index (χ1) is 14.5. The number of phenolic OH excluding ortho intramolecular Hbond substituents is 1. The zero-order chi connectivity index (χ0) is 22.8. The molecule has 0 aromatic heterocycles. The molecule has 166 valence electrons. The van der Waals surface area contributed by atoms with Gasteiger partial charge in [-0.2, -0.15) is 0 Å². The van der Waals surface area contributed by atoms with Crippen LogP contribution in [0.2, 0.25) is 0 Å². The molecule has 1 aliphatic heterocycles. The molecule has 9 heteroatoms. The van der Waals surface area contributed by atoms with Gasteiger partial charge in [-0.3, -0.25) is 9.68 Å². The molecule has 1 aliphatic rings. The zero-order valence-corrected chi connectivity index (χ0v) is 21.4. The van der Waals surface area contributed by atoms with Crippen molar-refractivity contribution in [1.82, 2.24) is 4.90 Å². The molecular formula is C22H23I2NO6. The lowest BCUT2D eigenvalue weighted by Gasteiger charge is -2.45. The molecule has 0 radical (unpaired) electrons. The number of carbonyl (C=O) groups is 2. The van der Waals surface area contributed by atoms with Gasteiger partial charge in [0, 0.05) is 18.7 Å². The van der Waals surface area contributed by atoms with Gasteiger partial charge in [0.15, 0.2) is 5.75 Å². The predicted molar refractivity (Wildman–Crippen MR) is 131 cm³/mol. The van der Waals surface area contributed by atoms with E-state index in [9.17, 15) is 19.8 Å². The highest BCUT2D eigenvalue weighted by Gasteiger charge is 2.52. The first-order valence-corrected chi connectivity index (χ1v) is 11.8. The Morgan fingerprint density at radius 1 is 1.06 bits per heavy atom. The van der Waals surface area contributed by atoms with Crippen LogP contribution in [0.15, 0.2) is 42.5 Å². The second-order valence-corrected chi connectivity index (χ2v) is 10.3. The molecule has 1 heterocycles. The van der Waals surface area contributed by atoms with Crippen molar-refractivity contribution in [3.63, 3.8) is 0 Å². The summed E-state index contributed by atoms with van der Waals surface area (Å²) in [6.07, 6.45) is 0.441. The van der Waals surface area contributed by atoms with E-state index in [-0.39, 0.29) is 24.5 Å². The maximum Gasteiger partial charge on any atom is 0.363 e. The second kappa shape index (κ2) is 9.49. The fourth-order valence-electron chi connectivity index (χ4n) is 3.43. The molecule has 0 spiro atoms. The number of benzene rings is 2. The molecule has 1 amide bonds. The third-order valence-electron chi connectivity index (χ3n) is 5.77. The molecule has 2 aromatic carbocycles. The van der Waals surface area contributed by atoms with Gasteiger partial charge in [-0.25, -0.2) is 9.68 Å². The summed E-state index contributed by atoms with van der Waals surface area (Å²) in [5.41, 5.74) is -2.11. The molecule has 3 rings (SSSR count). The number of para-hydroxylation sites is 1. The quantitative estimate of drug-likeness (QED) is 0.287. The maximum absolute atomic E-state index is 12.9. The standard InChI is InChI=1S/C22H23I2NO6/c1-21(2,20(28)31-30-15-6-4-3-5-7-15)22(29)8-10-25(11-9-22)19(27)14-12-16(23)18(26)17(24)13-14/h3-7,12-13,26,29H,8-11H2,1-2H3. The third-order valence-corrected chi connectivity index (χ3v) is 7.42. The van der Waals surface area contributed by atoms with Gasteiger partial charge >= 0.3 is 5.97 Å². The van der Waals surface area contributed by atoms with Crippen molar-refractivity contribution in [2.45, 2.75) is 32.3 Å². The molecular weight excluding hydrogens is 628 g/mol. The van der Waals surface area contributed by atoms with E-state index in [4.69, 9.17) is 9.78 Å². The van der Waals surface area contributed by atoms with E-state index < -0.39 is 17.0 Å². The lowest BCUT2D eigenvalue weighted by Crippen LogP contribution is -2.57. The van der Waals surface area contributed by atoms with Gasteiger partial charge < -0.3 is 15.1 Å². The van der Waals surface area contributed by atoms with Gasteiger partial charge in [0.2, 0.25) is 0 Å². The van der Waals surface area contributed by atoms with Crippen LogP contribution < -0.4 is 4.89 Å². The van der Waals surface area contributed by atoms with Crippen molar-refractivity contribution in [3.05, 3.63) is 55.2 Å². The average Bonchev–Trinajstić information content (AvgIpc) is 2.76. The van der Waals surface area contributed by atoms with E-state index in [0.29, 0.717) is 31.5 Å². The number of nitrogens with zero attached hydrogens (tertiary/aromatic N) is 1. The lowest BCUT2D eigenvalue weighted by atomic mass is 9.69. The summed E-state index contributed by atoms with van der Waals surface area (Å²) in [7, 11) is 0. The fraction of sp³-hybridized carbons (Fsp3) is 0.364. The first kappa shape index (κ1) is 24.1. The minimum Gasteiger partial charge on any atom is -0.506 e. The number of likely N-dealkylation sites (tertiary alicyclic amines) is 1. The van der Waals surface area contributed by atoms with Crippen LogP contribution in [-0.2, 0) is 9.68 Å². The minimum absolute atomic E-state index is 0.156. The van der Waals surface area contributed by atoms with E-state index in [2.05, 4.69) is 0 Å². The first-order valence-electron chi connectivity index (χ1n) is 9.69. The Morgan fingerprint density at radius 2 is 1.61 bits per heavy atom. The Kier molecular flexibility index (Phi) is 7.36. The molecule has 7 nitrogen and oxygen atoms in total. The maximum atomic E-state index is 12.9. The molecule has 2 N–H and O–H groups in total. The number of piperidine rings is 1. The largest absolute Gasteiger partial charge is 0.506 e. The second-order valence-electron chi connectivity index (χ2n) is 8.00. The van der Waals surface area contributed by atoms with Crippen molar-refractivity contribution in [2.24, 2.45) is 5.41 Å². The van der Waals surface area contributed by atoms with E-state index in [1.54, 1.807) is 55.1 Å². The van der Waals surface area contributed by atoms with Crippen molar-refractivity contribution in [1.29, 1.82) is 0 Å². The normalized spacial score (nSPS) is 16.0. The summed E-state index contributed by atoms with van der Waals surface area (Å²) in [4.78, 5) is 37.3. The van der Waals surface area contributed by atoms with Crippen LogP contribution in [0.3, 0.4) is 0 Å². The van der Waals surface area contributed by atoms with Gasteiger partial charge in [0.1, 0.15) is 5.75 Å². The summed E-state index contributed by atoms with van der Waals surface area (Å²) < 4.78 is 1.20. The summed E-state index contributed by atoms with van der Waals surface area (Å²) in [5, 5.41) is 21.2. The summed E-state index contributed by atoms with van der Waals surface area (Å²) in [6, 6.07) is 11.9. The van der Waals surface area contributed by atoms with E-state index >= 15 is 0 Å². The van der Waals surface area contributed by atoms with Gasteiger partial charge in [-0.1, -0.05) is 18.2 Å². The van der Waals surface area contributed by atoms with Crippen LogP contribution in [0, 0.1) is 12.6 Å². The Bertz CT molecular complexity index is 948. The molecule has 1 fully saturated rings. The number of rotatable bonds is 5. The number of hydrogen-bond donors (Lipinski definition) is 2. The lowest BCUT2D eigenvalue weighted by molar-refractivity contribution is -0.238. The van der Waals surface area contributed by atoms with Crippen LogP contribution in [-0.4, -0.2) is 45.7 Å². The highest BCUT2D eigenvalue weighted by atomic mass is 127. The van der Waals surface area contributed by atoms with Crippen LogP contribution in [0.5, 0.6) is 11.5 Å². The van der Waals surface area contributed by atoms with Crippen LogP contribution in [0.1, 0.15) is 37.0 Å². The Hall–Kier alpha value is -1.60. The molecule has 31 heavy (non-hydrogen) atoms. The van der Waals surface area contributed by atoms with Crippen molar-refractivity contribution in [2.75, 3.05) is 13.1 Å². The van der Waals surface area contributed by atoms with Crippen LogP contribution in [0.4, 0.5) is 0 Å². The van der Waals surface area contributed by atoms with Gasteiger partial charge in [-0.05, 0) is 96.1 Å². The van der Waals surface area contributed by atoms with Crippen LogP contribution >= 0.6 is 45.2 Å². The molecule has 0 bridgehead atoms. The number of aliphatic hydroxyl groups is 1. The number of aromatic hydroxyl groups is 1. The number of phenols is 1. The Morgan fingerprint density at radius 3 is 2.16 bits per heavy atom.